The van der Waals surface area contributed by atoms with Gasteiger partial charge in [-0.2, -0.15) is 5.26 Å². The molecule has 1 N–H and O–H groups in total. The first kappa shape index (κ1) is 15.0. The molecule has 4 heteroatoms. The summed E-state index contributed by atoms with van der Waals surface area (Å²) in [5, 5.41) is 12.2. The van der Waals surface area contributed by atoms with Crippen LogP contribution in [0.3, 0.4) is 0 Å². The molecular weight excluding hydrogens is 290 g/mol. The number of halogens is 1. The van der Waals surface area contributed by atoms with Gasteiger partial charge in [0.05, 0.1) is 11.6 Å². The summed E-state index contributed by atoms with van der Waals surface area (Å²) in [6.45, 7) is 8.61. The van der Waals surface area contributed by atoms with Crippen molar-refractivity contribution in [3.63, 3.8) is 0 Å². The third kappa shape index (κ3) is 5.07. The fraction of sp³-hybridized carbons (Fsp3) is 0.500. The third-order valence-electron chi connectivity index (χ3n) is 2.90. The SMILES string of the molecule is CCN(CC)CCCNc1cc(Br)cc(C#N)c1. The Bertz CT molecular complexity index is 408. The van der Waals surface area contributed by atoms with Gasteiger partial charge in [-0.3, -0.25) is 0 Å². The van der Waals surface area contributed by atoms with Crippen LogP contribution in [-0.4, -0.2) is 31.1 Å². The number of nitrogens with zero attached hydrogens (tertiary/aromatic N) is 2. The van der Waals surface area contributed by atoms with E-state index in [1.54, 1.807) is 0 Å². The van der Waals surface area contributed by atoms with Crippen LogP contribution in [0.1, 0.15) is 25.8 Å². The van der Waals surface area contributed by atoms with Gasteiger partial charge in [-0.1, -0.05) is 29.8 Å². The largest absolute Gasteiger partial charge is 0.385 e. The Morgan fingerprint density at radius 3 is 2.61 bits per heavy atom. The van der Waals surface area contributed by atoms with E-state index in [1.807, 2.05) is 18.2 Å². The van der Waals surface area contributed by atoms with Gasteiger partial charge < -0.3 is 10.2 Å². The molecule has 98 valence electrons. The van der Waals surface area contributed by atoms with Crippen molar-refractivity contribution in [3.05, 3.63) is 28.2 Å². The number of hydrogen-bond donors (Lipinski definition) is 1. The first-order chi connectivity index (χ1) is 8.69. The average molecular weight is 310 g/mol. The van der Waals surface area contributed by atoms with Crippen LogP contribution >= 0.6 is 15.9 Å². The molecule has 0 fully saturated rings. The lowest BCUT2D eigenvalue weighted by molar-refractivity contribution is 0.303. The van der Waals surface area contributed by atoms with Gasteiger partial charge in [0.25, 0.3) is 0 Å². The van der Waals surface area contributed by atoms with Gasteiger partial charge in [-0.25, -0.2) is 0 Å². The molecule has 0 saturated carbocycles. The van der Waals surface area contributed by atoms with Gasteiger partial charge in [-0.05, 0) is 44.3 Å². The molecule has 0 aliphatic rings. The van der Waals surface area contributed by atoms with Crippen LogP contribution in [0.25, 0.3) is 0 Å². The molecular formula is C14H20BrN3. The molecule has 0 bridgehead atoms. The van der Waals surface area contributed by atoms with Crippen molar-refractivity contribution >= 4 is 21.6 Å². The number of rotatable bonds is 7. The summed E-state index contributed by atoms with van der Waals surface area (Å²) in [6, 6.07) is 7.85. The van der Waals surface area contributed by atoms with Crippen molar-refractivity contribution in [2.24, 2.45) is 0 Å². The molecule has 0 aromatic heterocycles. The second-order valence-electron chi connectivity index (χ2n) is 4.15. The normalized spacial score (nSPS) is 10.4. The maximum atomic E-state index is 8.89. The highest BCUT2D eigenvalue weighted by atomic mass is 79.9. The second kappa shape index (κ2) is 8.12. The molecule has 0 aliphatic heterocycles. The zero-order valence-corrected chi connectivity index (χ0v) is 12.6. The Hall–Kier alpha value is -1.05. The van der Waals surface area contributed by atoms with Crippen LogP contribution in [0.2, 0.25) is 0 Å². The van der Waals surface area contributed by atoms with Gasteiger partial charge in [-0.15, -0.1) is 0 Å². The Morgan fingerprint density at radius 1 is 1.28 bits per heavy atom. The van der Waals surface area contributed by atoms with E-state index < -0.39 is 0 Å². The monoisotopic (exact) mass is 309 g/mol. The van der Waals surface area contributed by atoms with Gasteiger partial charge in [0.15, 0.2) is 0 Å². The van der Waals surface area contributed by atoms with Crippen molar-refractivity contribution in [1.82, 2.24) is 4.90 Å². The average Bonchev–Trinajstić information content (AvgIpc) is 2.38. The van der Waals surface area contributed by atoms with Gasteiger partial charge in [0.2, 0.25) is 0 Å². The first-order valence-electron chi connectivity index (χ1n) is 6.36. The zero-order valence-electron chi connectivity index (χ0n) is 11.0. The van der Waals surface area contributed by atoms with E-state index in [0.717, 1.165) is 42.8 Å². The van der Waals surface area contributed by atoms with Crippen LogP contribution in [0.5, 0.6) is 0 Å². The van der Waals surface area contributed by atoms with Crippen LogP contribution in [-0.2, 0) is 0 Å². The zero-order chi connectivity index (χ0) is 13.4. The molecule has 0 aliphatic carbocycles. The number of nitriles is 1. The molecule has 0 amide bonds. The lowest BCUT2D eigenvalue weighted by Gasteiger charge is -2.18. The van der Waals surface area contributed by atoms with Crippen LogP contribution in [0.15, 0.2) is 22.7 Å². The van der Waals surface area contributed by atoms with Gasteiger partial charge >= 0.3 is 0 Å². The van der Waals surface area contributed by atoms with E-state index in [-0.39, 0.29) is 0 Å². The minimum absolute atomic E-state index is 0.676. The molecule has 1 aromatic carbocycles. The minimum Gasteiger partial charge on any atom is -0.385 e. The summed E-state index contributed by atoms with van der Waals surface area (Å²) < 4.78 is 0.938. The van der Waals surface area contributed by atoms with Gasteiger partial charge in [0, 0.05) is 16.7 Å². The molecule has 1 rings (SSSR count). The molecule has 1 aromatic rings. The van der Waals surface area contributed by atoms with Crippen molar-refractivity contribution < 1.29 is 0 Å². The second-order valence-corrected chi connectivity index (χ2v) is 5.06. The third-order valence-corrected chi connectivity index (χ3v) is 3.36. The predicted molar refractivity (Wildman–Crippen MR) is 79.8 cm³/mol. The van der Waals surface area contributed by atoms with E-state index in [1.165, 1.54) is 0 Å². The summed E-state index contributed by atoms with van der Waals surface area (Å²) in [4.78, 5) is 2.41. The summed E-state index contributed by atoms with van der Waals surface area (Å²) in [5.74, 6) is 0. The quantitative estimate of drug-likeness (QED) is 0.784. The van der Waals surface area contributed by atoms with Gasteiger partial charge in [0.1, 0.15) is 0 Å². The first-order valence-corrected chi connectivity index (χ1v) is 7.15. The standard InChI is InChI=1S/C14H20BrN3/c1-3-18(4-2)7-5-6-17-14-9-12(11-16)8-13(15)10-14/h8-10,17H,3-7H2,1-2H3. The Labute approximate surface area is 118 Å². The predicted octanol–water partition coefficient (Wildman–Crippen LogP) is 3.46. The molecule has 0 radical (unpaired) electrons. The molecule has 0 spiro atoms. The fourth-order valence-corrected chi connectivity index (χ4v) is 2.32. The topological polar surface area (TPSA) is 39.1 Å². The summed E-state index contributed by atoms with van der Waals surface area (Å²) in [7, 11) is 0. The number of hydrogen-bond acceptors (Lipinski definition) is 3. The molecule has 0 unspecified atom stereocenters. The van der Waals surface area contributed by atoms with E-state index >= 15 is 0 Å². The molecule has 0 saturated heterocycles. The molecule has 0 atom stereocenters. The summed E-state index contributed by atoms with van der Waals surface area (Å²) in [5.41, 5.74) is 1.68. The van der Waals surface area contributed by atoms with Crippen LogP contribution in [0, 0.1) is 11.3 Å². The number of nitrogens with one attached hydrogen (secondary N) is 1. The fourth-order valence-electron chi connectivity index (χ4n) is 1.83. The van der Waals surface area contributed by atoms with Crippen LogP contribution in [0.4, 0.5) is 5.69 Å². The Kier molecular flexibility index (Phi) is 6.77. The minimum atomic E-state index is 0.676. The molecule has 18 heavy (non-hydrogen) atoms. The van der Waals surface area contributed by atoms with E-state index in [9.17, 15) is 0 Å². The lowest BCUT2D eigenvalue weighted by atomic mass is 10.2. The van der Waals surface area contributed by atoms with Crippen LogP contribution < -0.4 is 5.32 Å². The van der Waals surface area contributed by atoms with Crippen molar-refractivity contribution in [1.29, 1.82) is 5.26 Å². The lowest BCUT2D eigenvalue weighted by Crippen LogP contribution is -2.25. The molecule has 3 nitrogen and oxygen atoms in total. The summed E-state index contributed by atoms with van der Waals surface area (Å²) in [6.07, 6.45) is 1.11. The Morgan fingerprint density at radius 2 is 2.00 bits per heavy atom. The van der Waals surface area contributed by atoms with Crippen molar-refractivity contribution in [2.75, 3.05) is 31.5 Å². The maximum absolute atomic E-state index is 8.89. The Balaban J connectivity index is 2.40. The number of benzene rings is 1. The van der Waals surface area contributed by atoms with E-state index in [0.29, 0.717) is 5.56 Å². The van der Waals surface area contributed by atoms with E-state index in [2.05, 4.69) is 46.1 Å². The number of anilines is 1. The highest BCUT2D eigenvalue weighted by Crippen LogP contribution is 2.19. The molecule has 0 heterocycles. The van der Waals surface area contributed by atoms with E-state index in [4.69, 9.17) is 5.26 Å². The van der Waals surface area contributed by atoms with Crippen molar-refractivity contribution in [3.8, 4) is 6.07 Å². The summed E-state index contributed by atoms with van der Waals surface area (Å²) >= 11 is 3.41. The highest BCUT2D eigenvalue weighted by molar-refractivity contribution is 9.10. The smallest absolute Gasteiger partial charge is 0.0992 e. The van der Waals surface area contributed by atoms with Crippen molar-refractivity contribution in [2.45, 2.75) is 20.3 Å². The highest BCUT2D eigenvalue weighted by Gasteiger charge is 2.00. The maximum Gasteiger partial charge on any atom is 0.0992 e.